The van der Waals surface area contributed by atoms with Gasteiger partial charge in [-0.3, -0.25) is 4.79 Å². The molecule has 2 aromatic rings. The summed E-state index contributed by atoms with van der Waals surface area (Å²) in [6.45, 7) is 4.48. The number of nitrogens with two attached hydrogens (primary N) is 1. The third-order valence-corrected chi connectivity index (χ3v) is 3.86. The molecule has 2 aromatic carbocycles. The zero-order valence-electron chi connectivity index (χ0n) is 13.4. The minimum Gasteiger partial charge on any atom is -0.497 e. The molecule has 0 radical (unpaired) electrons. The summed E-state index contributed by atoms with van der Waals surface area (Å²) >= 11 is 0. The summed E-state index contributed by atoms with van der Waals surface area (Å²) in [6.07, 6.45) is 0.788. The summed E-state index contributed by atoms with van der Waals surface area (Å²) in [6, 6.07) is 12.1. The molecule has 118 valence electrons. The number of nitrogens with one attached hydrogen (secondary N) is 1. The average molecular weight is 300 g/mol. The molecule has 2 unspecified atom stereocenters. The molecule has 0 aliphatic heterocycles. The molecule has 4 heteroatoms. The highest BCUT2D eigenvalue weighted by atomic mass is 16.5. The second-order valence-corrected chi connectivity index (χ2v) is 5.75. The third-order valence-electron chi connectivity index (χ3n) is 3.86. The van der Waals surface area contributed by atoms with Crippen molar-refractivity contribution in [1.29, 1.82) is 0 Å². The van der Waals surface area contributed by atoms with E-state index in [-0.39, 0.29) is 17.9 Å². The molecule has 2 atom stereocenters. The van der Waals surface area contributed by atoms with Gasteiger partial charge in [-0.1, -0.05) is 24.3 Å². The Hall–Kier alpha value is -2.07. The van der Waals surface area contributed by atoms with Gasteiger partial charge in [0.15, 0.2) is 0 Å². The van der Waals surface area contributed by atoms with E-state index in [0.29, 0.717) is 6.54 Å². The Morgan fingerprint density at radius 1 is 1.18 bits per heavy atom. The van der Waals surface area contributed by atoms with Crippen LogP contribution in [0, 0.1) is 0 Å². The molecule has 4 nitrogen and oxygen atoms in total. The van der Waals surface area contributed by atoms with Gasteiger partial charge in [-0.05, 0) is 48.7 Å². The highest BCUT2D eigenvalue weighted by molar-refractivity contribution is 5.88. The topological polar surface area (TPSA) is 64.3 Å². The monoisotopic (exact) mass is 300 g/mol. The van der Waals surface area contributed by atoms with Crippen LogP contribution in [0.5, 0.6) is 5.75 Å². The predicted molar refractivity (Wildman–Crippen MR) is 90.2 cm³/mol. The van der Waals surface area contributed by atoms with Gasteiger partial charge in [0, 0.05) is 12.6 Å². The predicted octanol–water partition coefficient (Wildman–Crippen LogP) is 2.81. The van der Waals surface area contributed by atoms with Gasteiger partial charge in [-0.15, -0.1) is 0 Å². The van der Waals surface area contributed by atoms with E-state index in [1.165, 1.54) is 0 Å². The van der Waals surface area contributed by atoms with E-state index in [1.807, 2.05) is 44.2 Å². The minimum atomic E-state index is -0.181. The van der Waals surface area contributed by atoms with Crippen molar-refractivity contribution >= 4 is 16.7 Å². The molecule has 2 rings (SSSR count). The molecular weight excluding hydrogens is 276 g/mol. The molecule has 0 aromatic heterocycles. The zero-order chi connectivity index (χ0) is 16.1. The standard InChI is InChI=1S/C18H24N2O2/c1-12(19)8-9-20-18(21)13(2)14-4-5-16-11-17(22-3)7-6-15(16)10-14/h4-7,10-13H,8-9,19H2,1-3H3,(H,20,21). The van der Waals surface area contributed by atoms with Gasteiger partial charge in [0.25, 0.3) is 0 Å². The first-order chi connectivity index (χ1) is 10.5. The molecular formula is C18H24N2O2. The molecule has 0 aliphatic rings. The number of amides is 1. The van der Waals surface area contributed by atoms with Crippen molar-refractivity contribution in [3.05, 3.63) is 42.0 Å². The lowest BCUT2D eigenvalue weighted by Gasteiger charge is -2.14. The first-order valence-corrected chi connectivity index (χ1v) is 7.62. The van der Waals surface area contributed by atoms with E-state index in [0.717, 1.165) is 28.5 Å². The summed E-state index contributed by atoms with van der Waals surface area (Å²) in [5, 5.41) is 5.15. The lowest BCUT2D eigenvalue weighted by Crippen LogP contribution is -2.31. The van der Waals surface area contributed by atoms with Gasteiger partial charge in [-0.2, -0.15) is 0 Å². The van der Waals surface area contributed by atoms with Crippen molar-refractivity contribution in [3.63, 3.8) is 0 Å². The van der Waals surface area contributed by atoms with Crippen LogP contribution in [-0.4, -0.2) is 25.6 Å². The average Bonchev–Trinajstić information content (AvgIpc) is 2.52. The number of fused-ring (bicyclic) bond motifs is 1. The second-order valence-electron chi connectivity index (χ2n) is 5.75. The third kappa shape index (κ3) is 3.98. The summed E-state index contributed by atoms with van der Waals surface area (Å²) in [5.41, 5.74) is 6.70. The van der Waals surface area contributed by atoms with Crippen LogP contribution in [0.1, 0.15) is 31.7 Å². The molecule has 1 amide bonds. The van der Waals surface area contributed by atoms with Crippen LogP contribution in [0.15, 0.2) is 36.4 Å². The molecule has 0 aliphatic carbocycles. The lowest BCUT2D eigenvalue weighted by molar-refractivity contribution is -0.122. The number of hydrogen-bond acceptors (Lipinski definition) is 3. The van der Waals surface area contributed by atoms with Gasteiger partial charge in [-0.25, -0.2) is 0 Å². The molecule has 0 bridgehead atoms. The number of methoxy groups -OCH3 is 1. The quantitative estimate of drug-likeness (QED) is 0.862. The van der Waals surface area contributed by atoms with Crippen molar-refractivity contribution in [2.45, 2.75) is 32.2 Å². The van der Waals surface area contributed by atoms with E-state index in [4.69, 9.17) is 10.5 Å². The molecule has 0 saturated carbocycles. The molecule has 0 spiro atoms. The van der Waals surface area contributed by atoms with Gasteiger partial charge in [0.1, 0.15) is 5.75 Å². The SMILES string of the molecule is COc1ccc2cc(C(C)C(=O)NCCC(C)N)ccc2c1. The van der Waals surface area contributed by atoms with E-state index in [9.17, 15) is 4.79 Å². The van der Waals surface area contributed by atoms with Crippen molar-refractivity contribution in [3.8, 4) is 5.75 Å². The van der Waals surface area contributed by atoms with Crippen molar-refractivity contribution < 1.29 is 9.53 Å². The first-order valence-electron chi connectivity index (χ1n) is 7.62. The number of ether oxygens (including phenoxy) is 1. The van der Waals surface area contributed by atoms with E-state index >= 15 is 0 Å². The van der Waals surface area contributed by atoms with Gasteiger partial charge in [0.05, 0.1) is 13.0 Å². The Morgan fingerprint density at radius 3 is 2.55 bits per heavy atom. The summed E-state index contributed by atoms with van der Waals surface area (Å²) in [5.74, 6) is 0.690. The van der Waals surface area contributed by atoms with Crippen LogP contribution in [0.4, 0.5) is 0 Å². The maximum absolute atomic E-state index is 12.2. The smallest absolute Gasteiger partial charge is 0.227 e. The van der Waals surface area contributed by atoms with Crippen LogP contribution in [0.25, 0.3) is 10.8 Å². The fourth-order valence-corrected chi connectivity index (χ4v) is 2.37. The number of benzene rings is 2. The van der Waals surface area contributed by atoms with Gasteiger partial charge >= 0.3 is 0 Å². The van der Waals surface area contributed by atoms with Gasteiger partial charge < -0.3 is 15.8 Å². The molecule has 3 N–H and O–H groups in total. The van der Waals surface area contributed by atoms with Crippen molar-refractivity contribution in [2.24, 2.45) is 5.73 Å². The second kappa shape index (κ2) is 7.27. The Labute approximate surface area is 131 Å². The van der Waals surface area contributed by atoms with E-state index in [2.05, 4.69) is 11.4 Å². The Kier molecular flexibility index (Phi) is 5.39. The Bertz CT molecular complexity index is 653. The Balaban J connectivity index is 2.11. The summed E-state index contributed by atoms with van der Waals surface area (Å²) < 4.78 is 5.23. The molecule has 0 heterocycles. The fourth-order valence-electron chi connectivity index (χ4n) is 2.37. The van der Waals surface area contributed by atoms with Crippen LogP contribution in [-0.2, 0) is 4.79 Å². The number of hydrogen-bond donors (Lipinski definition) is 2. The molecule has 0 saturated heterocycles. The highest BCUT2D eigenvalue weighted by Crippen LogP contribution is 2.25. The van der Waals surface area contributed by atoms with Crippen LogP contribution in [0.2, 0.25) is 0 Å². The zero-order valence-corrected chi connectivity index (χ0v) is 13.4. The first kappa shape index (κ1) is 16.3. The molecule has 0 fully saturated rings. The van der Waals surface area contributed by atoms with Crippen molar-refractivity contribution in [2.75, 3.05) is 13.7 Å². The van der Waals surface area contributed by atoms with E-state index < -0.39 is 0 Å². The summed E-state index contributed by atoms with van der Waals surface area (Å²) in [4.78, 5) is 12.2. The number of carbonyl (C=O) groups is 1. The number of rotatable bonds is 6. The minimum absolute atomic E-state index is 0.0357. The van der Waals surface area contributed by atoms with Crippen LogP contribution in [0.3, 0.4) is 0 Å². The van der Waals surface area contributed by atoms with Crippen LogP contribution >= 0.6 is 0 Å². The molecule has 22 heavy (non-hydrogen) atoms. The lowest BCUT2D eigenvalue weighted by atomic mass is 9.97. The summed E-state index contributed by atoms with van der Waals surface area (Å²) in [7, 11) is 1.66. The maximum atomic E-state index is 12.2. The Morgan fingerprint density at radius 2 is 1.86 bits per heavy atom. The van der Waals surface area contributed by atoms with E-state index in [1.54, 1.807) is 7.11 Å². The highest BCUT2D eigenvalue weighted by Gasteiger charge is 2.15. The van der Waals surface area contributed by atoms with Gasteiger partial charge in [0.2, 0.25) is 5.91 Å². The van der Waals surface area contributed by atoms with Crippen LogP contribution < -0.4 is 15.8 Å². The largest absolute Gasteiger partial charge is 0.497 e. The normalized spacial score (nSPS) is 13.6. The van der Waals surface area contributed by atoms with Crippen molar-refractivity contribution in [1.82, 2.24) is 5.32 Å². The maximum Gasteiger partial charge on any atom is 0.227 e. The number of carbonyl (C=O) groups excluding carboxylic acids is 1. The fraction of sp³-hybridized carbons (Fsp3) is 0.389.